The van der Waals surface area contributed by atoms with Crippen molar-refractivity contribution in [2.24, 2.45) is 5.73 Å². The highest BCUT2D eigenvalue weighted by Crippen LogP contribution is 2.18. The van der Waals surface area contributed by atoms with Crippen LogP contribution < -0.4 is 10.6 Å². The second kappa shape index (κ2) is 6.30. The van der Waals surface area contributed by atoms with Crippen LogP contribution in [0, 0.1) is 5.82 Å². The number of amides is 1. The summed E-state index contributed by atoms with van der Waals surface area (Å²) >= 11 is 0. The van der Waals surface area contributed by atoms with Crippen molar-refractivity contribution in [1.82, 2.24) is 0 Å². The first-order valence-electron chi connectivity index (χ1n) is 6.52. The van der Waals surface area contributed by atoms with Crippen LogP contribution in [0.3, 0.4) is 0 Å². The van der Waals surface area contributed by atoms with Crippen LogP contribution in [0.1, 0.15) is 22.8 Å². The number of nitrogens with two attached hydrogens (primary N) is 1. The van der Waals surface area contributed by atoms with Crippen LogP contribution in [0.4, 0.5) is 10.1 Å². The van der Waals surface area contributed by atoms with Crippen molar-refractivity contribution in [1.29, 1.82) is 0 Å². The third-order valence-electron chi connectivity index (χ3n) is 3.11. The predicted octanol–water partition coefficient (Wildman–Crippen LogP) is 2.95. The van der Waals surface area contributed by atoms with Crippen molar-refractivity contribution in [3.05, 3.63) is 65.5 Å². The molecule has 0 saturated heterocycles. The van der Waals surface area contributed by atoms with Gasteiger partial charge in [-0.3, -0.25) is 4.79 Å². The SMILES string of the molecule is CCN(C(=O)c1cccc(CN)c1)c1ccc(F)cc1. The molecule has 1 amide bonds. The summed E-state index contributed by atoms with van der Waals surface area (Å²) in [6.07, 6.45) is 0. The van der Waals surface area contributed by atoms with Gasteiger partial charge >= 0.3 is 0 Å². The van der Waals surface area contributed by atoms with Crippen LogP contribution >= 0.6 is 0 Å². The number of carbonyl (C=O) groups is 1. The molecule has 0 spiro atoms. The van der Waals surface area contributed by atoms with Crippen LogP contribution in [-0.4, -0.2) is 12.5 Å². The summed E-state index contributed by atoms with van der Waals surface area (Å²) in [6, 6.07) is 13.1. The number of hydrogen-bond acceptors (Lipinski definition) is 2. The Morgan fingerprint density at radius 1 is 1.20 bits per heavy atom. The second-order valence-corrected chi connectivity index (χ2v) is 4.43. The van der Waals surface area contributed by atoms with Gasteiger partial charge in [-0.25, -0.2) is 4.39 Å². The van der Waals surface area contributed by atoms with Gasteiger partial charge in [0.25, 0.3) is 5.91 Å². The molecule has 0 heterocycles. The molecule has 20 heavy (non-hydrogen) atoms. The summed E-state index contributed by atoms with van der Waals surface area (Å²) in [4.78, 5) is 14.1. The van der Waals surface area contributed by atoms with Crippen molar-refractivity contribution in [3.8, 4) is 0 Å². The topological polar surface area (TPSA) is 46.3 Å². The Labute approximate surface area is 117 Å². The molecular weight excluding hydrogens is 255 g/mol. The van der Waals surface area contributed by atoms with Crippen molar-refractivity contribution in [2.75, 3.05) is 11.4 Å². The highest BCUT2D eigenvalue weighted by molar-refractivity contribution is 6.06. The number of anilines is 1. The Balaban J connectivity index is 2.31. The smallest absolute Gasteiger partial charge is 0.258 e. The van der Waals surface area contributed by atoms with E-state index in [0.29, 0.717) is 24.3 Å². The minimum atomic E-state index is -0.317. The molecule has 3 nitrogen and oxygen atoms in total. The van der Waals surface area contributed by atoms with Gasteiger partial charge in [-0.05, 0) is 48.9 Å². The van der Waals surface area contributed by atoms with E-state index in [-0.39, 0.29) is 11.7 Å². The molecule has 0 atom stereocenters. The Bertz CT molecular complexity index is 596. The fourth-order valence-corrected chi connectivity index (χ4v) is 2.05. The summed E-state index contributed by atoms with van der Waals surface area (Å²) < 4.78 is 13.0. The first-order valence-corrected chi connectivity index (χ1v) is 6.52. The maximum absolute atomic E-state index is 13.0. The third-order valence-corrected chi connectivity index (χ3v) is 3.11. The van der Waals surface area contributed by atoms with E-state index < -0.39 is 0 Å². The molecule has 104 valence electrons. The fourth-order valence-electron chi connectivity index (χ4n) is 2.05. The van der Waals surface area contributed by atoms with Crippen molar-refractivity contribution in [2.45, 2.75) is 13.5 Å². The predicted molar refractivity (Wildman–Crippen MR) is 78.1 cm³/mol. The van der Waals surface area contributed by atoms with E-state index in [1.54, 1.807) is 29.2 Å². The molecule has 2 rings (SSSR count). The monoisotopic (exact) mass is 272 g/mol. The summed E-state index contributed by atoms with van der Waals surface area (Å²) in [5.74, 6) is -0.434. The summed E-state index contributed by atoms with van der Waals surface area (Å²) in [6.45, 7) is 2.79. The second-order valence-electron chi connectivity index (χ2n) is 4.43. The van der Waals surface area contributed by atoms with E-state index in [1.807, 2.05) is 19.1 Å². The maximum atomic E-state index is 13.0. The van der Waals surface area contributed by atoms with Crippen LogP contribution in [0.15, 0.2) is 48.5 Å². The molecule has 0 saturated carbocycles. The van der Waals surface area contributed by atoms with Gasteiger partial charge in [0, 0.05) is 24.3 Å². The van der Waals surface area contributed by atoms with E-state index in [1.165, 1.54) is 12.1 Å². The molecular formula is C16H17FN2O. The van der Waals surface area contributed by atoms with E-state index in [0.717, 1.165) is 5.56 Å². The van der Waals surface area contributed by atoms with Crippen LogP contribution in [-0.2, 0) is 6.54 Å². The largest absolute Gasteiger partial charge is 0.326 e. The van der Waals surface area contributed by atoms with Gasteiger partial charge in [0.05, 0.1) is 0 Å². The van der Waals surface area contributed by atoms with E-state index >= 15 is 0 Å². The van der Waals surface area contributed by atoms with Gasteiger partial charge in [-0.15, -0.1) is 0 Å². The number of nitrogens with zero attached hydrogens (tertiary/aromatic N) is 1. The number of carbonyl (C=O) groups excluding carboxylic acids is 1. The Kier molecular flexibility index (Phi) is 4.48. The first-order chi connectivity index (χ1) is 9.65. The summed E-state index contributed by atoms with van der Waals surface area (Å²) in [5.41, 5.74) is 7.76. The lowest BCUT2D eigenvalue weighted by molar-refractivity contribution is 0.0988. The summed E-state index contributed by atoms with van der Waals surface area (Å²) in [7, 11) is 0. The minimum Gasteiger partial charge on any atom is -0.326 e. The van der Waals surface area contributed by atoms with Crippen molar-refractivity contribution >= 4 is 11.6 Å². The van der Waals surface area contributed by atoms with Crippen molar-refractivity contribution in [3.63, 3.8) is 0 Å². The fraction of sp³-hybridized carbons (Fsp3) is 0.188. The lowest BCUT2D eigenvalue weighted by atomic mass is 10.1. The van der Waals surface area contributed by atoms with E-state index in [9.17, 15) is 9.18 Å². The molecule has 0 fully saturated rings. The molecule has 0 aliphatic carbocycles. The normalized spacial score (nSPS) is 10.3. The molecule has 0 bridgehead atoms. The van der Waals surface area contributed by atoms with Crippen molar-refractivity contribution < 1.29 is 9.18 Å². The Morgan fingerprint density at radius 3 is 2.50 bits per heavy atom. The first kappa shape index (κ1) is 14.2. The molecule has 0 aromatic heterocycles. The molecule has 2 aromatic rings. The van der Waals surface area contributed by atoms with E-state index in [4.69, 9.17) is 5.73 Å². The highest BCUT2D eigenvalue weighted by atomic mass is 19.1. The molecule has 0 radical (unpaired) electrons. The number of halogens is 1. The Morgan fingerprint density at radius 2 is 1.90 bits per heavy atom. The lowest BCUT2D eigenvalue weighted by Gasteiger charge is -2.21. The maximum Gasteiger partial charge on any atom is 0.258 e. The third kappa shape index (κ3) is 3.03. The average Bonchev–Trinajstić information content (AvgIpc) is 2.50. The molecule has 0 aliphatic rings. The molecule has 4 heteroatoms. The molecule has 2 aromatic carbocycles. The van der Waals surface area contributed by atoms with Crippen LogP contribution in [0.25, 0.3) is 0 Å². The van der Waals surface area contributed by atoms with Gasteiger partial charge in [-0.1, -0.05) is 12.1 Å². The van der Waals surface area contributed by atoms with Gasteiger partial charge in [-0.2, -0.15) is 0 Å². The zero-order valence-corrected chi connectivity index (χ0v) is 11.3. The van der Waals surface area contributed by atoms with Gasteiger partial charge in [0.1, 0.15) is 5.82 Å². The summed E-state index contributed by atoms with van der Waals surface area (Å²) in [5, 5.41) is 0. The van der Waals surface area contributed by atoms with Crippen LogP contribution in [0.5, 0.6) is 0 Å². The quantitative estimate of drug-likeness (QED) is 0.930. The average molecular weight is 272 g/mol. The van der Waals surface area contributed by atoms with Crippen LogP contribution in [0.2, 0.25) is 0 Å². The molecule has 2 N–H and O–H groups in total. The van der Waals surface area contributed by atoms with E-state index in [2.05, 4.69) is 0 Å². The van der Waals surface area contributed by atoms with Gasteiger partial charge in [0.2, 0.25) is 0 Å². The van der Waals surface area contributed by atoms with Gasteiger partial charge in [0.15, 0.2) is 0 Å². The number of rotatable bonds is 4. The highest BCUT2D eigenvalue weighted by Gasteiger charge is 2.16. The van der Waals surface area contributed by atoms with Gasteiger partial charge < -0.3 is 10.6 Å². The zero-order chi connectivity index (χ0) is 14.5. The zero-order valence-electron chi connectivity index (χ0n) is 11.3. The number of benzene rings is 2. The standard InChI is InChI=1S/C16H17FN2O/c1-2-19(15-8-6-14(17)7-9-15)16(20)13-5-3-4-12(10-13)11-18/h3-10H,2,11,18H2,1H3. The number of hydrogen-bond donors (Lipinski definition) is 1. The molecule has 0 unspecified atom stereocenters. The Hall–Kier alpha value is -2.20. The molecule has 0 aliphatic heterocycles. The minimum absolute atomic E-state index is 0.116. The lowest BCUT2D eigenvalue weighted by Crippen LogP contribution is -2.30.